The van der Waals surface area contributed by atoms with Crippen LogP contribution in [0.3, 0.4) is 0 Å². The number of ketones is 1. The predicted octanol–water partition coefficient (Wildman–Crippen LogP) is 2.49. The number of carbonyl (C=O) groups is 2. The van der Waals surface area contributed by atoms with Crippen LogP contribution in [-0.2, 0) is 14.8 Å². The second-order valence-electron chi connectivity index (χ2n) is 5.87. The summed E-state index contributed by atoms with van der Waals surface area (Å²) >= 11 is 5.70. The third kappa shape index (κ3) is 3.98. The van der Waals surface area contributed by atoms with Crippen molar-refractivity contribution in [3.05, 3.63) is 52.8 Å². The first-order valence-corrected chi connectivity index (χ1v) is 9.84. The third-order valence-electron chi connectivity index (χ3n) is 4.08. The third-order valence-corrected chi connectivity index (χ3v) is 6.21. The molecule has 1 aromatic carbocycles. The van der Waals surface area contributed by atoms with E-state index in [0.717, 1.165) is 12.8 Å². The highest BCUT2D eigenvalue weighted by Gasteiger charge is 2.27. The minimum absolute atomic E-state index is 0.147. The van der Waals surface area contributed by atoms with Gasteiger partial charge in [-0.05, 0) is 43.2 Å². The molecule has 0 unspecified atom stereocenters. The number of aromatic amines is 1. The molecule has 1 aliphatic rings. The quantitative estimate of drug-likeness (QED) is 0.597. The van der Waals surface area contributed by atoms with Gasteiger partial charge in [0, 0.05) is 24.8 Å². The monoisotopic (exact) mass is 396 g/mol. The number of esters is 1. The van der Waals surface area contributed by atoms with Gasteiger partial charge in [0.15, 0.2) is 12.4 Å². The summed E-state index contributed by atoms with van der Waals surface area (Å²) in [6.45, 7) is 0.581. The summed E-state index contributed by atoms with van der Waals surface area (Å²) in [5.41, 5.74) is 0.414. The van der Waals surface area contributed by atoms with E-state index in [1.807, 2.05) is 0 Å². The normalized spacial score (nSPS) is 15.1. The first kappa shape index (κ1) is 18.6. The zero-order valence-electron chi connectivity index (χ0n) is 13.8. The molecule has 3 rings (SSSR count). The minimum atomic E-state index is -3.52. The number of Topliss-reactive ketones (excluding diaryl/α,β-unsaturated/α-hetero) is 1. The number of nitrogens with one attached hydrogen (secondary N) is 1. The summed E-state index contributed by atoms with van der Waals surface area (Å²) in [6, 6.07) is 7.03. The predicted molar refractivity (Wildman–Crippen MR) is 94.9 cm³/mol. The van der Waals surface area contributed by atoms with Crippen molar-refractivity contribution in [2.75, 3.05) is 19.7 Å². The van der Waals surface area contributed by atoms with Crippen molar-refractivity contribution in [2.45, 2.75) is 17.7 Å². The van der Waals surface area contributed by atoms with Gasteiger partial charge >= 0.3 is 5.97 Å². The van der Waals surface area contributed by atoms with E-state index in [2.05, 4.69) is 4.98 Å². The number of hydrogen-bond donors (Lipinski definition) is 1. The molecule has 0 saturated carbocycles. The van der Waals surface area contributed by atoms with E-state index in [9.17, 15) is 18.0 Å². The zero-order chi connectivity index (χ0) is 18.7. The van der Waals surface area contributed by atoms with E-state index in [0.29, 0.717) is 18.1 Å². The molecule has 26 heavy (non-hydrogen) atoms. The fourth-order valence-electron chi connectivity index (χ4n) is 2.67. The van der Waals surface area contributed by atoms with Gasteiger partial charge in [-0.25, -0.2) is 13.2 Å². The minimum Gasteiger partial charge on any atom is -0.453 e. The van der Waals surface area contributed by atoms with Crippen LogP contribution in [0, 0.1) is 0 Å². The molecule has 1 saturated heterocycles. The lowest BCUT2D eigenvalue weighted by Gasteiger charge is -2.15. The molecule has 1 aliphatic heterocycles. The maximum Gasteiger partial charge on any atom is 0.355 e. The molecular formula is C17H17ClN2O5S. The maximum absolute atomic E-state index is 12.4. The zero-order valence-corrected chi connectivity index (χ0v) is 15.3. The highest BCUT2D eigenvalue weighted by molar-refractivity contribution is 7.89. The topological polar surface area (TPSA) is 96.5 Å². The molecule has 0 spiro atoms. The van der Waals surface area contributed by atoms with Crippen LogP contribution in [0.5, 0.6) is 0 Å². The van der Waals surface area contributed by atoms with Gasteiger partial charge in [0.25, 0.3) is 0 Å². The lowest BCUT2D eigenvalue weighted by Crippen LogP contribution is -2.27. The number of hydrogen-bond acceptors (Lipinski definition) is 5. The molecule has 1 N–H and O–H groups in total. The molecule has 2 aromatic rings. The number of H-pyrrole nitrogens is 1. The Bertz CT molecular complexity index is 915. The number of carbonyl (C=O) groups excluding carboxylic acids is 2. The van der Waals surface area contributed by atoms with E-state index < -0.39 is 28.4 Å². The van der Waals surface area contributed by atoms with Gasteiger partial charge in [0.1, 0.15) is 5.69 Å². The van der Waals surface area contributed by atoms with E-state index >= 15 is 0 Å². The lowest BCUT2D eigenvalue weighted by atomic mass is 10.1. The Morgan fingerprint density at radius 1 is 1.15 bits per heavy atom. The van der Waals surface area contributed by atoms with Crippen molar-refractivity contribution in [3.63, 3.8) is 0 Å². The van der Waals surface area contributed by atoms with Gasteiger partial charge in [-0.3, -0.25) is 4.79 Å². The Kier molecular flexibility index (Phi) is 5.45. The van der Waals surface area contributed by atoms with Crippen LogP contribution in [-0.4, -0.2) is 49.2 Å². The summed E-state index contributed by atoms with van der Waals surface area (Å²) < 4.78 is 31.3. The van der Waals surface area contributed by atoms with Crippen LogP contribution >= 0.6 is 11.6 Å². The van der Waals surface area contributed by atoms with Crippen molar-refractivity contribution < 1.29 is 22.7 Å². The first-order valence-electron chi connectivity index (χ1n) is 8.02. The summed E-state index contributed by atoms with van der Waals surface area (Å²) in [4.78, 5) is 26.7. The van der Waals surface area contributed by atoms with Crippen molar-refractivity contribution in [1.82, 2.24) is 9.29 Å². The second-order valence-corrected chi connectivity index (χ2v) is 8.24. The average Bonchev–Trinajstić information content (AvgIpc) is 3.31. The molecule has 1 aromatic heterocycles. The molecule has 0 radical (unpaired) electrons. The molecule has 0 amide bonds. The summed E-state index contributed by atoms with van der Waals surface area (Å²) in [5.74, 6) is -1.13. The van der Waals surface area contributed by atoms with Gasteiger partial charge in [-0.15, -0.1) is 0 Å². The summed E-state index contributed by atoms with van der Waals surface area (Å²) in [7, 11) is -3.52. The number of ether oxygens (including phenoxy) is 1. The number of halogens is 1. The molecule has 0 atom stereocenters. The van der Waals surface area contributed by atoms with Crippen molar-refractivity contribution >= 4 is 33.4 Å². The van der Waals surface area contributed by atoms with E-state index in [1.54, 1.807) is 0 Å². The van der Waals surface area contributed by atoms with Crippen LogP contribution in [0.2, 0.25) is 5.02 Å². The molecule has 138 valence electrons. The van der Waals surface area contributed by atoms with Crippen molar-refractivity contribution in [2.24, 2.45) is 0 Å². The Balaban J connectivity index is 1.62. The van der Waals surface area contributed by atoms with Gasteiger partial charge in [-0.1, -0.05) is 11.6 Å². The Morgan fingerprint density at radius 3 is 2.38 bits per heavy atom. The number of benzene rings is 1. The van der Waals surface area contributed by atoms with Crippen LogP contribution in [0.1, 0.15) is 33.7 Å². The van der Waals surface area contributed by atoms with E-state index in [1.165, 1.54) is 40.8 Å². The van der Waals surface area contributed by atoms with Gasteiger partial charge in [0.2, 0.25) is 10.0 Å². The molecule has 9 heteroatoms. The SMILES string of the molecule is O=C(COC(=O)c1cc(Cl)c[nH]1)c1ccc(S(=O)(=O)N2CCCC2)cc1. The molecule has 7 nitrogen and oxygen atoms in total. The van der Waals surface area contributed by atoms with Gasteiger partial charge in [-0.2, -0.15) is 4.31 Å². The molecular weight excluding hydrogens is 380 g/mol. The highest BCUT2D eigenvalue weighted by Crippen LogP contribution is 2.21. The molecule has 0 bridgehead atoms. The highest BCUT2D eigenvalue weighted by atomic mass is 35.5. The molecule has 0 aliphatic carbocycles. The Labute approximate surface area is 156 Å². The van der Waals surface area contributed by atoms with Gasteiger partial charge in [0.05, 0.1) is 9.92 Å². The average molecular weight is 397 g/mol. The van der Waals surface area contributed by atoms with Crippen molar-refractivity contribution in [3.8, 4) is 0 Å². The second kappa shape index (κ2) is 7.61. The number of nitrogens with zero attached hydrogens (tertiary/aromatic N) is 1. The first-order chi connectivity index (χ1) is 12.4. The largest absolute Gasteiger partial charge is 0.453 e. The van der Waals surface area contributed by atoms with Crippen LogP contribution in [0.15, 0.2) is 41.4 Å². The van der Waals surface area contributed by atoms with Gasteiger partial charge < -0.3 is 9.72 Å². The summed E-state index contributed by atoms with van der Waals surface area (Å²) in [6.07, 6.45) is 3.14. The van der Waals surface area contributed by atoms with Crippen LogP contribution < -0.4 is 0 Å². The maximum atomic E-state index is 12.4. The number of sulfonamides is 1. The molecule has 1 fully saturated rings. The van der Waals surface area contributed by atoms with Crippen LogP contribution in [0.4, 0.5) is 0 Å². The fraction of sp³-hybridized carbons (Fsp3) is 0.294. The fourth-order valence-corrected chi connectivity index (χ4v) is 4.35. The van der Waals surface area contributed by atoms with Crippen molar-refractivity contribution in [1.29, 1.82) is 0 Å². The number of rotatable bonds is 6. The summed E-state index contributed by atoms with van der Waals surface area (Å²) in [5, 5.41) is 0.359. The Hall–Kier alpha value is -2.16. The smallest absolute Gasteiger partial charge is 0.355 e. The lowest BCUT2D eigenvalue weighted by molar-refractivity contribution is 0.0469. The van der Waals surface area contributed by atoms with Crippen LogP contribution in [0.25, 0.3) is 0 Å². The number of aromatic nitrogens is 1. The Morgan fingerprint density at radius 2 is 1.81 bits per heavy atom. The molecule has 2 heterocycles. The van der Waals surface area contributed by atoms with E-state index in [-0.39, 0.29) is 16.2 Å². The van der Waals surface area contributed by atoms with E-state index in [4.69, 9.17) is 16.3 Å². The standard InChI is InChI=1S/C17H17ClN2O5S/c18-13-9-15(19-10-13)17(22)25-11-16(21)12-3-5-14(6-4-12)26(23,24)20-7-1-2-8-20/h3-6,9-10,19H,1-2,7-8,11H2.